The van der Waals surface area contributed by atoms with E-state index in [0.29, 0.717) is 11.5 Å². The molecule has 5 aromatic rings. The van der Waals surface area contributed by atoms with Crippen molar-refractivity contribution >= 4 is 39.9 Å². The van der Waals surface area contributed by atoms with Gasteiger partial charge in [-0.3, -0.25) is 24.5 Å². The van der Waals surface area contributed by atoms with Crippen molar-refractivity contribution in [2.75, 3.05) is 39.5 Å². The molecule has 17 nitrogen and oxygen atoms in total. The first-order chi connectivity index (χ1) is 34.8. The lowest BCUT2D eigenvalue weighted by Crippen LogP contribution is -2.49. The van der Waals surface area contributed by atoms with Gasteiger partial charge in [0.1, 0.15) is 42.2 Å². The predicted molar refractivity (Wildman–Crippen MR) is 286 cm³/mol. The Morgan fingerprint density at radius 3 is 1.92 bits per heavy atom. The molecule has 0 spiro atoms. The summed E-state index contributed by atoms with van der Waals surface area (Å²) in [6.45, 7) is 25.0. The lowest BCUT2D eigenvalue weighted by Gasteiger charge is -2.42. The molecule has 5 atom stereocenters. The Bertz CT molecular complexity index is 2560. The molecule has 6 rings (SSSR count). The van der Waals surface area contributed by atoms with E-state index in [1.54, 1.807) is 32.6 Å². The van der Waals surface area contributed by atoms with Crippen molar-refractivity contribution in [2.24, 2.45) is 5.92 Å². The summed E-state index contributed by atoms with van der Waals surface area (Å²) in [5.41, 5.74) is 1.58. The monoisotopic (exact) mass is 1040 g/mol. The van der Waals surface area contributed by atoms with Crippen LogP contribution in [0.5, 0.6) is 11.5 Å². The van der Waals surface area contributed by atoms with Crippen LogP contribution >= 0.6 is 8.53 Å². The van der Waals surface area contributed by atoms with Crippen molar-refractivity contribution in [3.8, 4) is 17.6 Å². The van der Waals surface area contributed by atoms with E-state index < -0.39 is 52.5 Å². The van der Waals surface area contributed by atoms with Crippen LogP contribution in [0, 0.1) is 17.2 Å². The van der Waals surface area contributed by atoms with Gasteiger partial charge in [-0.2, -0.15) is 10.2 Å². The largest absolute Gasteiger partial charge is 0.497 e. The Hall–Kier alpha value is -5.06. The third kappa shape index (κ3) is 12.6. The molecular weight excluding hydrogens is 966 g/mol. The topological polar surface area (TPSA) is 194 Å². The minimum atomic E-state index is -2.50. The van der Waals surface area contributed by atoms with Crippen LogP contribution < -0.4 is 20.3 Å². The van der Waals surface area contributed by atoms with Gasteiger partial charge in [-0.15, -0.1) is 0 Å². The number of aromatic amines is 1. The van der Waals surface area contributed by atoms with Gasteiger partial charge in [-0.1, -0.05) is 110 Å². The van der Waals surface area contributed by atoms with Crippen LogP contribution in [0.15, 0.2) is 90.0 Å². The highest BCUT2D eigenvalue weighted by atomic mass is 31.2. The number of nitriles is 1. The molecule has 0 bridgehead atoms. The molecule has 1 fully saturated rings. The summed E-state index contributed by atoms with van der Waals surface area (Å²) in [6.07, 6.45) is -2.26. The predicted octanol–water partition coefficient (Wildman–Crippen LogP) is 10.8. The Morgan fingerprint density at radius 1 is 0.849 bits per heavy atom. The molecule has 2 aromatic heterocycles. The fraction of sp³-hybridized carbons (Fsp3) is 0.537. The number of hydrogen-bond acceptors (Lipinski definition) is 14. The second kappa shape index (κ2) is 25.4. The maximum absolute atomic E-state index is 13.7. The summed E-state index contributed by atoms with van der Waals surface area (Å²) < 4.78 is 58.0. The van der Waals surface area contributed by atoms with E-state index in [1.807, 2.05) is 78.9 Å². The van der Waals surface area contributed by atoms with E-state index in [9.17, 15) is 14.9 Å². The zero-order chi connectivity index (χ0) is 53.2. The molecule has 19 heteroatoms. The number of ether oxygens (including phenoxy) is 5. The Kier molecular flexibility index (Phi) is 19.9. The fourth-order valence-corrected chi connectivity index (χ4v) is 17.2. The molecule has 1 unspecified atom stereocenters. The molecule has 3 aromatic carbocycles. The van der Waals surface area contributed by atoms with Crippen molar-refractivity contribution in [1.29, 1.82) is 5.26 Å². The quantitative estimate of drug-likeness (QED) is 0.0175. The molecule has 0 aliphatic carbocycles. The van der Waals surface area contributed by atoms with Crippen molar-refractivity contribution in [3.05, 3.63) is 112 Å². The molecule has 3 heterocycles. The highest BCUT2D eigenvalue weighted by Gasteiger charge is 2.53. The van der Waals surface area contributed by atoms with Gasteiger partial charge in [0.25, 0.3) is 14.1 Å². The average molecular weight is 1040 g/mol. The van der Waals surface area contributed by atoms with Gasteiger partial charge in [0.05, 0.1) is 46.3 Å². The van der Waals surface area contributed by atoms with Crippen LogP contribution in [0.2, 0.25) is 16.6 Å². The van der Waals surface area contributed by atoms with Crippen LogP contribution in [0.4, 0.5) is 5.95 Å². The number of rotatable bonds is 26. The molecule has 0 saturated carbocycles. The van der Waals surface area contributed by atoms with Crippen LogP contribution in [-0.4, -0.2) is 103 Å². The smallest absolute Gasteiger partial charge is 0.280 e. The van der Waals surface area contributed by atoms with Crippen LogP contribution in [0.25, 0.3) is 11.2 Å². The Morgan fingerprint density at radius 2 is 1.41 bits per heavy atom. The summed E-state index contributed by atoms with van der Waals surface area (Å²) in [5, 5.41) is 12.4. The molecular formula is C54H76N7O10PSi. The van der Waals surface area contributed by atoms with Crippen molar-refractivity contribution < 1.29 is 42.0 Å². The van der Waals surface area contributed by atoms with E-state index in [1.165, 1.54) is 6.33 Å². The van der Waals surface area contributed by atoms with Crippen molar-refractivity contribution in [1.82, 2.24) is 24.2 Å². The number of aromatic nitrogens is 4. The number of fused-ring (bicyclic) bond motifs is 1. The molecule has 1 amide bonds. The van der Waals surface area contributed by atoms with Gasteiger partial charge >= 0.3 is 0 Å². The minimum absolute atomic E-state index is 0.0270. The number of carbonyl (C=O) groups excluding carboxylic acids is 1. The maximum atomic E-state index is 13.7. The third-order valence-corrected chi connectivity index (χ3v) is 21.7. The zero-order valence-corrected chi connectivity index (χ0v) is 46.8. The normalized spacial score (nSPS) is 18.0. The number of methoxy groups -OCH3 is 2. The SMILES string of the molecule is COc1ccc(C(OC[C@H]2O[C@@H](n3cnc4c(=O)[nH]c(NC(=O)C(C)C)nc43)[C@H](OCO[Si](C(C)C)(C(C)C)C(C)C)[C@@H]2OP(OCCC#N)N(C(C)C)C(C)C)(c2ccccc2)c2ccc(OC)cc2)cc1. The van der Waals surface area contributed by atoms with E-state index in [0.717, 1.165) is 16.7 Å². The number of amides is 1. The summed E-state index contributed by atoms with van der Waals surface area (Å²) in [6, 6.07) is 27.7. The summed E-state index contributed by atoms with van der Waals surface area (Å²) in [5.74, 6) is 0.585. The van der Waals surface area contributed by atoms with Gasteiger partial charge in [-0.25, -0.2) is 9.65 Å². The van der Waals surface area contributed by atoms with E-state index >= 15 is 0 Å². The number of anilines is 1. The molecule has 1 saturated heterocycles. The number of nitrogens with zero attached hydrogens (tertiary/aromatic N) is 5. The lowest BCUT2D eigenvalue weighted by atomic mass is 9.80. The molecule has 1 aliphatic heterocycles. The standard InChI is InChI=1S/C54H76N7O10PSi/c1-34(2)50(62)58-53-57-49-46(51(63)59-53)56-32-60(49)52-48(66-33-69-73(37(7)8,38(9)10)39(11)12)47(71-72(68-30-18-29-55)61(35(3)4)36(5)6)45(70-52)31-67-54(40-19-16-15-17-20-40,41-21-25-43(64-13)26-22-41)42-23-27-44(65-14)28-24-42/h15-17,19-28,32,34-39,45,47-48,52H,18,30-31,33H2,1-14H3,(H2,57,58,59,62,63)/t45-,47-,48-,52-,72?/m1/s1. The summed E-state index contributed by atoms with van der Waals surface area (Å²) in [4.78, 5) is 38.7. The first-order valence-corrected chi connectivity index (χ1v) is 28.5. The first kappa shape index (κ1) is 57.2. The molecule has 0 radical (unpaired) electrons. The summed E-state index contributed by atoms with van der Waals surface area (Å²) >= 11 is 0. The minimum Gasteiger partial charge on any atom is -0.497 e. The molecule has 73 heavy (non-hydrogen) atoms. The highest BCUT2D eigenvalue weighted by molar-refractivity contribution is 7.44. The van der Waals surface area contributed by atoms with Crippen molar-refractivity contribution in [2.45, 2.75) is 148 Å². The fourth-order valence-electron chi connectivity index (χ4n) is 10.2. The first-order valence-electron chi connectivity index (χ1n) is 25.3. The van der Waals surface area contributed by atoms with Gasteiger partial charge in [0.2, 0.25) is 20.2 Å². The number of imidazole rings is 1. The summed E-state index contributed by atoms with van der Waals surface area (Å²) in [7, 11) is -1.15. The van der Waals surface area contributed by atoms with E-state index in [2.05, 4.69) is 95.3 Å². The van der Waals surface area contributed by atoms with Crippen LogP contribution in [0.3, 0.4) is 0 Å². The Balaban J connectivity index is 1.58. The average Bonchev–Trinajstić information content (AvgIpc) is 3.93. The maximum Gasteiger partial charge on any atom is 0.280 e. The Labute approximate surface area is 433 Å². The van der Waals surface area contributed by atoms with Crippen LogP contribution in [-0.2, 0) is 38.1 Å². The number of hydrogen-bond donors (Lipinski definition) is 2. The molecule has 2 N–H and O–H groups in total. The van der Waals surface area contributed by atoms with E-state index in [4.69, 9.17) is 42.1 Å². The number of H-pyrrole nitrogens is 1. The lowest BCUT2D eigenvalue weighted by molar-refractivity contribution is -0.119. The van der Waals surface area contributed by atoms with E-state index in [-0.39, 0.29) is 84.1 Å². The van der Waals surface area contributed by atoms with Gasteiger partial charge in [0.15, 0.2) is 17.4 Å². The van der Waals surface area contributed by atoms with Crippen LogP contribution in [0.1, 0.15) is 112 Å². The number of nitrogens with one attached hydrogen (secondary N) is 2. The van der Waals surface area contributed by atoms with Gasteiger partial charge in [-0.05, 0) is 85.3 Å². The zero-order valence-electron chi connectivity index (χ0n) is 45.0. The van der Waals surface area contributed by atoms with Gasteiger partial charge < -0.3 is 37.2 Å². The number of benzene rings is 3. The molecule has 1 aliphatic rings. The molecule has 396 valence electrons. The van der Waals surface area contributed by atoms with Crippen molar-refractivity contribution in [3.63, 3.8) is 0 Å². The second-order valence-electron chi connectivity index (χ2n) is 20.1. The highest BCUT2D eigenvalue weighted by Crippen LogP contribution is 2.52. The third-order valence-electron chi connectivity index (χ3n) is 13.5. The number of carbonyl (C=O) groups is 1. The van der Waals surface area contributed by atoms with Gasteiger partial charge in [0, 0.05) is 18.0 Å². The second-order valence-corrected chi connectivity index (χ2v) is 27.0.